The van der Waals surface area contributed by atoms with Gasteiger partial charge in [-0.05, 0) is 78.4 Å². The SMILES string of the molecule is CC1(C)C(=O)CC[C@]2(C)[C@@H]1CC[C@@]13CC4[C@@H](C[C@H]12)[C@]4(C)C3. The first-order valence-corrected chi connectivity index (χ1v) is 9.27. The molecule has 6 aliphatic carbocycles. The lowest BCUT2D eigenvalue weighted by Gasteiger charge is -2.64. The Hall–Kier alpha value is -0.330. The Morgan fingerprint density at radius 3 is 2.38 bits per heavy atom. The van der Waals surface area contributed by atoms with Gasteiger partial charge in [-0.15, -0.1) is 0 Å². The maximum atomic E-state index is 12.5. The number of ketones is 1. The molecule has 1 unspecified atom stereocenters. The summed E-state index contributed by atoms with van der Waals surface area (Å²) in [6.45, 7) is 9.66. The lowest BCUT2D eigenvalue weighted by Crippen LogP contribution is -2.59. The Kier molecular flexibility index (Phi) is 2.06. The molecule has 0 saturated heterocycles. The Morgan fingerprint density at radius 1 is 0.952 bits per heavy atom. The maximum absolute atomic E-state index is 12.5. The number of carbonyl (C=O) groups is 1. The summed E-state index contributed by atoms with van der Waals surface area (Å²) in [6.07, 6.45) is 9.33. The topological polar surface area (TPSA) is 17.1 Å². The molecule has 0 N–H and O–H groups in total. The van der Waals surface area contributed by atoms with Crippen molar-refractivity contribution in [3.63, 3.8) is 0 Å². The molecule has 6 saturated carbocycles. The quantitative estimate of drug-likeness (QED) is 0.622. The second-order valence-electron chi connectivity index (χ2n) is 10.5. The van der Waals surface area contributed by atoms with Crippen molar-refractivity contribution < 1.29 is 4.79 Å². The Labute approximate surface area is 129 Å². The summed E-state index contributed by atoms with van der Waals surface area (Å²) in [5, 5.41) is 0. The van der Waals surface area contributed by atoms with Crippen molar-refractivity contribution in [1.29, 1.82) is 0 Å². The molecule has 0 aromatic heterocycles. The van der Waals surface area contributed by atoms with Crippen molar-refractivity contribution in [2.24, 2.45) is 45.3 Å². The van der Waals surface area contributed by atoms with Crippen LogP contribution in [0.5, 0.6) is 0 Å². The number of hydrogen-bond donors (Lipinski definition) is 0. The molecule has 0 amide bonds. The number of carbonyl (C=O) groups excluding carboxylic acids is 1. The Morgan fingerprint density at radius 2 is 1.71 bits per heavy atom. The summed E-state index contributed by atoms with van der Waals surface area (Å²) in [6, 6.07) is 0. The highest BCUT2D eigenvalue weighted by atomic mass is 16.1. The van der Waals surface area contributed by atoms with Gasteiger partial charge in [0.05, 0.1) is 0 Å². The molecule has 116 valence electrons. The van der Waals surface area contributed by atoms with E-state index in [2.05, 4.69) is 27.7 Å². The van der Waals surface area contributed by atoms with Crippen LogP contribution in [0.25, 0.3) is 0 Å². The smallest absolute Gasteiger partial charge is 0.138 e. The number of rotatable bonds is 0. The Balaban J connectivity index is 1.57. The van der Waals surface area contributed by atoms with E-state index >= 15 is 0 Å². The van der Waals surface area contributed by atoms with Crippen molar-refractivity contribution in [2.45, 2.75) is 72.6 Å². The van der Waals surface area contributed by atoms with Gasteiger partial charge in [-0.3, -0.25) is 4.79 Å². The summed E-state index contributed by atoms with van der Waals surface area (Å²) in [5.41, 5.74) is 1.79. The minimum Gasteiger partial charge on any atom is -0.299 e. The van der Waals surface area contributed by atoms with Gasteiger partial charge in [-0.1, -0.05) is 27.7 Å². The highest BCUT2D eigenvalue weighted by molar-refractivity contribution is 5.85. The fourth-order valence-corrected chi connectivity index (χ4v) is 8.64. The highest BCUT2D eigenvalue weighted by Gasteiger charge is 2.78. The first-order valence-electron chi connectivity index (χ1n) is 9.27. The van der Waals surface area contributed by atoms with Gasteiger partial charge in [0, 0.05) is 11.8 Å². The Bertz CT molecular complexity index is 548. The predicted molar refractivity (Wildman–Crippen MR) is 83.7 cm³/mol. The molecule has 6 aliphatic rings. The fourth-order valence-electron chi connectivity index (χ4n) is 8.64. The van der Waals surface area contributed by atoms with E-state index in [-0.39, 0.29) is 5.41 Å². The molecular formula is C20H30O. The first kappa shape index (κ1) is 13.1. The van der Waals surface area contributed by atoms with Crippen molar-refractivity contribution in [1.82, 2.24) is 0 Å². The minimum absolute atomic E-state index is 0.0674. The van der Waals surface area contributed by atoms with Gasteiger partial charge in [-0.2, -0.15) is 0 Å². The summed E-state index contributed by atoms with van der Waals surface area (Å²) in [4.78, 5) is 12.5. The summed E-state index contributed by atoms with van der Waals surface area (Å²) < 4.78 is 0. The van der Waals surface area contributed by atoms with E-state index in [4.69, 9.17) is 0 Å². The minimum atomic E-state index is -0.0674. The largest absolute Gasteiger partial charge is 0.299 e. The molecule has 0 aromatic carbocycles. The van der Waals surface area contributed by atoms with Crippen LogP contribution >= 0.6 is 0 Å². The van der Waals surface area contributed by atoms with Crippen LogP contribution in [-0.2, 0) is 4.79 Å². The molecule has 4 bridgehead atoms. The van der Waals surface area contributed by atoms with Gasteiger partial charge in [0.1, 0.15) is 5.78 Å². The van der Waals surface area contributed by atoms with E-state index in [1.165, 1.54) is 38.5 Å². The highest BCUT2D eigenvalue weighted by Crippen LogP contribution is 2.85. The van der Waals surface area contributed by atoms with Crippen molar-refractivity contribution in [2.75, 3.05) is 0 Å². The maximum Gasteiger partial charge on any atom is 0.138 e. The van der Waals surface area contributed by atoms with Crippen molar-refractivity contribution >= 4 is 5.78 Å². The molecule has 6 rings (SSSR count). The molecule has 1 spiro atoms. The number of hydrogen-bond acceptors (Lipinski definition) is 1. The lowest BCUT2D eigenvalue weighted by molar-refractivity contribution is -0.172. The lowest BCUT2D eigenvalue weighted by atomic mass is 9.39. The van der Waals surface area contributed by atoms with E-state index in [1.807, 2.05) is 0 Å². The molecule has 1 heteroatoms. The van der Waals surface area contributed by atoms with Gasteiger partial charge < -0.3 is 0 Å². The molecule has 1 nitrogen and oxygen atoms in total. The summed E-state index contributed by atoms with van der Waals surface area (Å²) >= 11 is 0. The number of Topliss-reactive ketones (excluding diaryl/α,β-unsaturated/α-hetero) is 1. The number of fused-ring (bicyclic) bond motifs is 1. The van der Waals surface area contributed by atoms with Crippen LogP contribution in [0.1, 0.15) is 72.6 Å². The zero-order valence-corrected chi connectivity index (χ0v) is 14.2. The average Bonchev–Trinajstić information content (AvgIpc) is 2.86. The van der Waals surface area contributed by atoms with Crippen LogP contribution in [0.4, 0.5) is 0 Å². The van der Waals surface area contributed by atoms with E-state index < -0.39 is 0 Å². The predicted octanol–water partition coefficient (Wildman–Crippen LogP) is 4.84. The zero-order valence-electron chi connectivity index (χ0n) is 14.2. The van der Waals surface area contributed by atoms with E-state index in [1.54, 1.807) is 0 Å². The van der Waals surface area contributed by atoms with Crippen LogP contribution in [0, 0.1) is 45.3 Å². The zero-order chi connectivity index (χ0) is 14.8. The molecule has 21 heavy (non-hydrogen) atoms. The normalized spacial score (nSPS) is 63.0. The third-order valence-electron chi connectivity index (χ3n) is 9.66. The first-order chi connectivity index (χ1) is 9.74. The second kappa shape index (κ2) is 3.29. The van der Waals surface area contributed by atoms with Crippen LogP contribution in [0.15, 0.2) is 0 Å². The van der Waals surface area contributed by atoms with Crippen molar-refractivity contribution in [3.05, 3.63) is 0 Å². The molecule has 7 atom stereocenters. The van der Waals surface area contributed by atoms with E-state index in [0.717, 1.165) is 29.6 Å². The van der Waals surface area contributed by atoms with Gasteiger partial charge in [0.25, 0.3) is 0 Å². The van der Waals surface area contributed by atoms with Crippen molar-refractivity contribution in [3.8, 4) is 0 Å². The molecule has 0 heterocycles. The van der Waals surface area contributed by atoms with E-state index in [9.17, 15) is 4.79 Å². The second-order valence-corrected chi connectivity index (χ2v) is 10.5. The third-order valence-corrected chi connectivity index (χ3v) is 9.66. The van der Waals surface area contributed by atoms with Gasteiger partial charge in [0.2, 0.25) is 0 Å². The molecule has 0 radical (unpaired) electrons. The van der Waals surface area contributed by atoms with Crippen LogP contribution < -0.4 is 0 Å². The van der Waals surface area contributed by atoms with Gasteiger partial charge in [-0.25, -0.2) is 0 Å². The van der Waals surface area contributed by atoms with Crippen LogP contribution in [0.2, 0.25) is 0 Å². The average molecular weight is 286 g/mol. The van der Waals surface area contributed by atoms with Gasteiger partial charge >= 0.3 is 0 Å². The van der Waals surface area contributed by atoms with Crippen LogP contribution in [-0.4, -0.2) is 5.78 Å². The monoisotopic (exact) mass is 286 g/mol. The molecule has 6 fully saturated rings. The molecular weight excluding hydrogens is 256 g/mol. The fraction of sp³-hybridized carbons (Fsp3) is 0.950. The molecule has 0 aliphatic heterocycles. The standard InChI is InChI=1S/C20H30O/c1-17(2)14-5-8-20-10-13-12(19(13,4)11-20)9-15(20)18(14,3)7-6-16(17)21/h12-15H,5-11H2,1-4H3/t12-,13?,14-,15+,18-,19+,20+/m1/s1. The molecule has 0 aromatic rings. The summed E-state index contributed by atoms with van der Waals surface area (Å²) in [5.74, 6) is 4.23. The van der Waals surface area contributed by atoms with Gasteiger partial charge in [0.15, 0.2) is 0 Å². The van der Waals surface area contributed by atoms with Crippen LogP contribution in [0.3, 0.4) is 0 Å². The van der Waals surface area contributed by atoms with E-state index in [0.29, 0.717) is 22.5 Å². The third kappa shape index (κ3) is 1.23. The summed E-state index contributed by atoms with van der Waals surface area (Å²) in [7, 11) is 0.